The van der Waals surface area contributed by atoms with Crippen LogP contribution in [0.5, 0.6) is 0 Å². The zero-order valence-electron chi connectivity index (χ0n) is 13.8. The van der Waals surface area contributed by atoms with Gasteiger partial charge in [-0.2, -0.15) is 0 Å². The molecule has 3 nitrogen and oxygen atoms in total. The van der Waals surface area contributed by atoms with E-state index in [2.05, 4.69) is 48.3 Å². The van der Waals surface area contributed by atoms with Gasteiger partial charge < -0.3 is 15.0 Å². The average molecular weight is 290 g/mol. The minimum atomic E-state index is 0.435. The van der Waals surface area contributed by atoms with Crippen molar-refractivity contribution in [1.29, 1.82) is 0 Å². The fourth-order valence-electron chi connectivity index (χ4n) is 2.99. The van der Waals surface area contributed by atoms with E-state index in [0.29, 0.717) is 12.1 Å². The minimum absolute atomic E-state index is 0.435. The van der Waals surface area contributed by atoms with Crippen LogP contribution in [-0.4, -0.2) is 44.3 Å². The van der Waals surface area contributed by atoms with Crippen molar-refractivity contribution >= 4 is 0 Å². The summed E-state index contributed by atoms with van der Waals surface area (Å²) >= 11 is 0. The molecule has 1 unspecified atom stereocenters. The molecule has 1 heterocycles. The molecule has 2 rings (SSSR count). The summed E-state index contributed by atoms with van der Waals surface area (Å²) in [6.07, 6.45) is 3.95. The second-order valence-electron chi connectivity index (χ2n) is 6.15. The van der Waals surface area contributed by atoms with Crippen LogP contribution in [0.2, 0.25) is 0 Å². The number of hydrogen-bond donors (Lipinski definition) is 1. The van der Waals surface area contributed by atoms with E-state index in [-0.39, 0.29) is 0 Å². The van der Waals surface area contributed by atoms with Crippen LogP contribution in [-0.2, 0) is 4.74 Å². The van der Waals surface area contributed by atoms with Gasteiger partial charge in [-0.3, -0.25) is 0 Å². The minimum Gasteiger partial charge on any atom is -0.381 e. The van der Waals surface area contributed by atoms with Crippen LogP contribution in [0.3, 0.4) is 0 Å². The van der Waals surface area contributed by atoms with Gasteiger partial charge >= 0.3 is 0 Å². The molecular weight excluding hydrogens is 260 g/mol. The Morgan fingerprint density at radius 1 is 1.24 bits per heavy atom. The summed E-state index contributed by atoms with van der Waals surface area (Å²) in [4.78, 5) is 2.57. The molecule has 21 heavy (non-hydrogen) atoms. The fraction of sp³-hybridized carbons (Fsp3) is 0.667. The van der Waals surface area contributed by atoms with Gasteiger partial charge in [-0.1, -0.05) is 36.8 Å². The van der Waals surface area contributed by atoms with E-state index >= 15 is 0 Å². The Bertz CT molecular complexity index is 396. The summed E-state index contributed by atoms with van der Waals surface area (Å²) < 4.78 is 5.46. The highest BCUT2D eigenvalue weighted by molar-refractivity contribution is 5.24. The molecule has 0 aromatic heterocycles. The molecule has 0 saturated carbocycles. The number of rotatable bonds is 7. The molecule has 1 aromatic rings. The molecule has 1 aliphatic heterocycles. The SMILES string of the molecule is CCCNC(CN1CCC(OC)CC1)c1ccc(C)cc1. The van der Waals surface area contributed by atoms with Crippen molar-refractivity contribution in [3.8, 4) is 0 Å². The monoisotopic (exact) mass is 290 g/mol. The van der Waals surface area contributed by atoms with E-state index in [9.17, 15) is 0 Å². The summed E-state index contributed by atoms with van der Waals surface area (Å²) in [6, 6.07) is 9.40. The number of aryl methyl sites for hydroxylation is 1. The van der Waals surface area contributed by atoms with Gasteiger partial charge in [0.1, 0.15) is 0 Å². The summed E-state index contributed by atoms with van der Waals surface area (Å²) in [5.74, 6) is 0. The summed E-state index contributed by atoms with van der Waals surface area (Å²) in [5, 5.41) is 3.70. The lowest BCUT2D eigenvalue weighted by molar-refractivity contribution is 0.0383. The van der Waals surface area contributed by atoms with Gasteiger partial charge in [0, 0.05) is 32.8 Å². The Morgan fingerprint density at radius 3 is 2.48 bits per heavy atom. The van der Waals surface area contributed by atoms with Crippen LogP contribution in [0.1, 0.15) is 43.4 Å². The Labute approximate surface area is 129 Å². The topological polar surface area (TPSA) is 24.5 Å². The van der Waals surface area contributed by atoms with Crippen LogP contribution >= 0.6 is 0 Å². The van der Waals surface area contributed by atoms with Crippen molar-refractivity contribution in [3.63, 3.8) is 0 Å². The molecule has 1 aliphatic rings. The molecule has 1 saturated heterocycles. The highest BCUT2D eigenvalue weighted by Crippen LogP contribution is 2.19. The van der Waals surface area contributed by atoms with Crippen LogP contribution in [0, 0.1) is 6.92 Å². The zero-order valence-corrected chi connectivity index (χ0v) is 13.8. The van der Waals surface area contributed by atoms with E-state index in [0.717, 1.165) is 39.0 Å². The van der Waals surface area contributed by atoms with Crippen LogP contribution < -0.4 is 5.32 Å². The van der Waals surface area contributed by atoms with Crippen LogP contribution in [0.25, 0.3) is 0 Å². The number of methoxy groups -OCH3 is 1. The van der Waals surface area contributed by atoms with Crippen molar-refractivity contribution < 1.29 is 4.74 Å². The van der Waals surface area contributed by atoms with E-state index in [1.165, 1.54) is 17.5 Å². The number of nitrogens with zero attached hydrogens (tertiary/aromatic N) is 1. The first-order chi connectivity index (χ1) is 10.2. The van der Waals surface area contributed by atoms with Gasteiger partial charge in [0.15, 0.2) is 0 Å². The lowest BCUT2D eigenvalue weighted by atomic mass is 10.0. The van der Waals surface area contributed by atoms with Gasteiger partial charge in [0.05, 0.1) is 6.10 Å². The second kappa shape index (κ2) is 8.52. The van der Waals surface area contributed by atoms with Gasteiger partial charge in [-0.15, -0.1) is 0 Å². The number of piperidine rings is 1. The molecular formula is C18H30N2O. The third kappa shape index (κ3) is 5.10. The van der Waals surface area contributed by atoms with Crippen molar-refractivity contribution in [2.24, 2.45) is 0 Å². The first kappa shape index (κ1) is 16.5. The molecule has 0 radical (unpaired) electrons. The number of hydrogen-bond acceptors (Lipinski definition) is 3. The Kier molecular flexibility index (Phi) is 6.68. The third-order valence-electron chi connectivity index (χ3n) is 4.43. The lowest BCUT2D eigenvalue weighted by Crippen LogP contribution is -2.41. The van der Waals surface area contributed by atoms with Gasteiger partial charge in [-0.05, 0) is 38.3 Å². The Morgan fingerprint density at radius 2 is 1.90 bits per heavy atom. The fourth-order valence-corrected chi connectivity index (χ4v) is 2.99. The number of ether oxygens (including phenoxy) is 1. The lowest BCUT2D eigenvalue weighted by Gasteiger charge is -2.34. The van der Waals surface area contributed by atoms with Crippen LogP contribution in [0.15, 0.2) is 24.3 Å². The van der Waals surface area contributed by atoms with Gasteiger partial charge in [-0.25, -0.2) is 0 Å². The van der Waals surface area contributed by atoms with Crippen molar-refractivity contribution in [2.45, 2.75) is 45.3 Å². The maximum absolute atomic E-state index is 5.46. The molecule has 3 heteroatoms. The molecule has 118 valence electrons. The number of nitrogens with one attached hydrogen (secondary N) is 1. The van der Waals surface area contributed by atoms with E-state index in [4.69, 9.17) is 4.74 Å². The first-order valence-corrected chi connectivity index (χ1v) is 8.28. The molecule has 1 atom stereocenters. The predicted octanol–water partition coefficient (Wildman–Crippen LogP) is 3.15. The highest BCUT2D eigenvalue weighted by atomic mass is 16.5. The Balaban J connectivity index is 1.95. The maximum atomic E-state index is 5.46. The molecule has 1 aromatic carbocycles. The predicted molar refractivity (Wildman–Crippen MR) is 88.7 cm³/mol. The van der Waals surface area contributed by atoms with Gasteiger partial charge in [0.25, 0.3) is 0 Å². The molecule has 1 fully saturated rings. The summed E-state index contributed by atoms with van der Waals surface area (Å²) in [7, 11) is 1.83. The normalized spacial score (nSPS) is 18.8. The maximum Gasteiger partial charge on any atom is 0.0595 e. The molecule has 1 N–H and O–H groups in total. The quantitative estimate of drug-likeness (QED) is 0.835. The third-order valence-corrected chi connectivity index (χ3v) is 4.43. The molecule has 0 amide bonds. The zero-order chi connectivity index (χ0) is 15.1. The van der Waals surface area contributed by atoms with E-state index in [1.807, 2.05) is 7.11 Å². The van der Waals surface area contributed by atoms with Crippen molar-refractivity contribution in [2.75, 3.05) is 33.3 Å². The standard InChI is InChI=1S/C18H30N2O/c1-4-11-19-18(16-7-5-15(2)6-8-16)14-20-12-9-17(21-3)10-13-20/h5-8,17-19H,4,9-14H2,1-3H3. The van der Waals surface area contributed by atoms with Crippen molar-refractivity contribution in [1.82, 2.24) is 10.2 Å². The van der Waals surface area contributed by atoms with E-state index in [1.54, 1.807) is 0 Å². The number of benzene rings is 1. The number of likely N-dealkylation sites (tertiary alicyclic amines) is 1. The van der Waals surface area contributed by atoms with E-state index < -0.39 is 0 Å². The van der Waals surface area contributed by atoms with Gasteiger partial charge in [0.2, 0.25) is 0 Å². The smallest absolute Gasteiger partial charge is 0.0595 e. The largest absolute Gasteiger partial charge is 0.381 e. The Hall–Kier alpha value is -0.900. The first-order valence-electron chi connectivity index (χ1n) is 8.28. The molecule has 0 bridgehead atoms. The van der Waals surface area contributed by atoms with Crippen LogP contribution in [0.4, 0.5) is 0 Å². The molecule has 0 spiro atoms. The molecule has 0 aliphatic carbocycles. The summed E-state index contributed by atoms with van der Waals surface area (Å²) in [6.45, 7) is 8.84. The highest BCUT2D eigenvalue weighted by Gasteiger charge is 2.21. The second-order valence-corrected chi connectivity index (χ2v) is 6.15. The summed E-state index contributed by atoms with van der Waals surface area (Å²) in [5.41, 5.74) is 2.73. The van der Waals surface area contributed by atoms with Crippen molar-refractivity contribution in [3.05, 3.63) is 35.4 Å². The average Bonchev–Trinajstić information content (AvgIpc) is 2.53.